The average molecular weight is 546 g/mol. The van der Waals surface area contributed by atoms with Crippen molar-refractivity contribution in [3.63, 3.8) is 0 Å². The van der Waals surface area contributed by atoms with Gasteiger partial charge in [0, 0.05) is 19.6 Å². The molecule has 4 rings (SSSR count). The van der Waals surface area contributed by atoms with Gasteiger partial charge in [-0.15, -0.1) is 12.4 Å². The van der Waals surface area contributed by atoms with Crippen LogP contribution in [0.2, 0.25) is 10.0 Å². The van der Waals surface area contributed by atoms with Gasteiger partial charge in [0.25, 0.3) is 5.91 Å². The van der Waals surface area contributed by atoms with E-state index in [4.69, 9.17) is 23.2 Å². The van der Waals surface area contributed by atoms with Crippen molar-refractivity contribution in [2.75, 3.05) is 18.4 Å². The lowest BCUT2D eigenvalue weighted by Crippen LogP contribution is -2.33. The zero-order chi connectivity index (χ0) is 25.2. The van der Waals surface area contributed by atoms with E-state index < -0.39 is 0 Å². The highest BCUT2D eigenvalue weighted by Crippen LogP contribution is 2.30. The highest BCUT2D eigenvalue weighted by Gasteiger charge is 2.23. The number of amides is 1. The Bertz CT molecular complexity index is 1220. The minimum Gasteiger partial charge on any atom is -0.384 e. The number of rotatable bonds is 6. The predicted octanol–water partition coefficient (Wildman–Crippen LogP) is 8.26. The quantitative estimate of drug-likeness (QED) is 0.338. The Morgan fingerprint density at radius 3 is 2.33 bits per heavy atom. The predicted molar refractivity (Wildman–Crippen MR) is 155 cm³/mol. The third-order valence-electron chi connectivity index (χ3n) is 6.65. The van der Waals surface area contributed by atoms with Crippen LogP contribution in [0.25, 0.3) is 0 Å². The standard InChI is InChI=1S/C30H34Cl2N2O.ClH/c1-20-16-23-6-5-14-33-28(23)25(17-20)29(35)34(15-13-21-9-12-26(31)27(32)18-21)19-22-7-10-24(11-8-22)30(2,3)4;/h7-12,16-18,33H,5-6,13-15,19H2,1-4H3;1H. The fraction of sp³-hybridized carbons (Fsp3) is 0.367. The van der Waals surface area contributed by atoms with E-state index in [1.165, 1.54) is 11.1 Å². The Hall–Kier alpha value is -2.20. The van der Waals surface area contributed by atoms with Gasteiger partial charge in [-0.1, -0.05) is 80.4 Å². The highest BCUT2D eigenvalue weighted by molar-refractivity contribution is 6.42. The van der Waals surface area contributed by atoms with Gasteiger partial charge in [0.2, 0.25) is 0 Å². The molecule has 0 unspecified atom stereocenters. The maximum absolute atomic E-state index is 14.0. The summed E-state index contributed by atoms with van der Waals surface area (Å²) >= 11 is 12.3. The fourth-order valence-electron chi connectivity index (χ4n) is 4.64. The second-order valence-corrected chi connectivity index (χ2v) is 11.4. The molecule has 0 radical (unpaired) electrons. The maximum Gasteiger partial charge on any atom is 0.256 e. The molecule has 1 amide bonds. The molecule has 0 spiro atoms. The number of nitrogens with zero attached hydrogens (tertiary/aromatic N) is 1. The van der Waals surface area contributed by atoms with Gasteiger partial charge < -0.3 is 10.2 Å². The number of benzene rings is 3. The molecule has 192 valence electrons. The van der Waals surface area contributed by atoms with Crippen molar-refractivity contribution in [1.29, 1.82) is 0 Å². The van der Waals surface area contributed by atoms with Crippen LogP contribution in [0.15, 0.2) is 54.6 Å². The summed E-state index contributed by atoms with van der Waals surface area (Å²) in [5, 5.41) is 4.57. The van der Waals surface area contributed by atoms with Crippen LogP contribution in [-0.4, -0.2) is 23.9 Å². The Morgan fingerprint density at radius 2 is 1.67 bits per heavy atom. The number of aryl methyl sites for hydroxylation is 2. The van der Waals surface area contributed by atoms with E-state index in [0.29, 0.717) is 29.6 Å². The Morgan fingerprint density at radius 1 is 0.972 bits per heavy atom. The molecule has 0 saturated carbocycles. The number of hydrogen-bond acceptors (Lipinski definition) is 2. The van der Waals surface area contributed by atoms with Crippen LogP contribution in [0, 0.1) is 6.92 Å². The normalized spacial score (nSPS) is 12.8. The van der Waals surface area contributed by atoms with Crippen molar-refractivity contribution in [2.24, 2.45) is 0 Å². The van der Waals surface area contributed by atoms with Crippen molar-refractivity contribution in [2.45, 2.75) is 58.9 Å². The second kappa shape index (κ2) is 11.9. The lowest BCUT2D eigenvalue weighted by atomic mass is 9.86. The van der Waals surface area contributed by atoms with Gasteiger partial charge in [-0.25, -0.2) is 0 Å². The topological polar surface area (TPSA) is 32.3 Å². The van der Waals surface area contributed by atoms with Crippen LogP contribution in [-0.2, 0) is 24.8 Å². The van der Waals surface area contributed by atoms with Gasteiger partial charge in [0.1, 0.15) is 0 Å². The van der Waals surface area contributed by atoms with Crippen LogP contribution in [0.5, 0.6) is 0 Å². The van der Waals surface area contributed by atoms with Crippen molar-refractivity contribution in [3.8, 4) is 0 Å². The summed E-state index contributed by atoms with van der Waals surface area (Å²) in [6, 6.07) is 18.5. The Kier molecular flexibility index (Phi) is 9.38. The lowest BCUT2D eigenvalue weighted by Gasteiger charge is -2.28. The molecule has 3 nitrogen and oxygen atoms in total. The van der Waals surface area contributed by atoms with E-state index in [-0.39, 0.29) is 23.7 Å². The largest absolute Gasteiger partial charge is 0.384 e. The molecular formula is C30H35Cl3N2O. The first-order chi connectivity index (χ1) is 16.6. The van der Waals surface area contributed by atoms with Crippen molar-refractivity contribution in [1.82, 2.24) is 4.90 Å². The summed E-state index contributed by atoms with van der Waals surface area (Å²) < 4.78 is 0. The maximum atomic E-state index is 14.0. The van der Waals surface area contributed by atoms with Gasteiger partial charge in [-0.3, -0.25) is 4.79 Å². The Balaban J connectivity index is 0.00000361. The van der Waals surface area contributed by atoms with E-state index >= 15 is 0 Å². The molecule has 1 aliphatic heterocycles. The number of carbonyl (C=O) groups excluding carboxylic acids is 1. The Labute approximate surface area is 231 Å². The number of anilines is 1. The molecule has 1 N–H and O–H groups in total. The van der Waals surface area contributed by atoms with Crippen molar-refractivity contribution >= 4 is 47.2 Å². The summed E-state index contributed by atoms with van der Waals surface area (Å²) in [5.41, 5.74) is 7.67. The first-order valence-corrected chi connectivity index (χ1v) is 13.1. The third-order valence-corrected chi connectivity index (χ3v) is 7.39. The average Bonchev–Trinajstić information content (AvgIpc) is 2.82. The monoisotopic (exact) mass is 544 g/mol. The van der Waals surface area contributed by atoms with Crippen LogP contribution < -0.4 is 5.32 Å². The molecule has 6 heteroatoms. The molecule has 0 atom stereocenters. The van der Waals surface area contributed by atoms with E-state index in [9.17, 15) is 4.79 Å². The van der Waals surface area contributed by atoms with Crippen molar-refractivity contribution < 1.29 is 4.79 Å². The van der Waals surface area contributed by atoms with E-state index in [1.807, 2.05) is 29.2 Å². The summed E-state index contributed by atoms with van der Waals surface area (Å²) in [4.78, 5) is 15.9. The molecule has 1 heterocycles. The van der Waals surface area contributed by atoms with Crippen LogP contribution in [0.4, 0.5) is 5.69 Å². The van der Waals surface area contributed by atoms with Gasteiger partial charge in [0.15, 0.2) is 0 Å². The number of carbonyl (C=O) groups is 1. The number of hydrogen-bond donors (Lipinski definition) is 1. The van der Waals surface area contributed by atoms with Gasteiger partial charge in [-0.05, 0) is 77.6 Å². The molecule has 0 aliphatic carbocycles. The van der Waals surface area contributed by atoms with Gasteiger partial charge in [-0.2, -0.15) is 0 Å². The first-order valence-electron chi connectivity index (χ1n) is 12.3. The van der Waals surface area contributed by atoms with E-state index in [2.05, 4.69) is 63.3 Å². The first kappa shape index (κ1) is 28.4. The fourth-order valence-corrected chi connectivity index (χ4v) is 4.96. The number of nitrogens with one attached hydrogen (secondary N) is 1. The SMILES string of the molecule is Cc1cc2c(c(C(=O)N(CCc3ccc(Cl)c(Cl)c3)Cc3ccc(C(C)(C)C)cc3)c1)NCCC2.Cl. The molecule has 36 heavy (non-hydrogen) atoms. The molecule has 1 aliphatic rings. The highest BCUT2D eigenvalue weighted by atomic mass is 35.5. The zero-order valence-corrected chi connectivity index (χ0v) is 23.8. The van der Waals surface area contributed by atoms with E-state index in [0.717, 1.165) is 47.3 Å². The van der Waals surface area contributed by atoms with Gasteiger partial charge >= 0.3 is 0 Å². The summed E-state index contributed by atoms with van der Waals surface area (Å²) in [7, 11) is 0. The molecule has 0 fully saturated rings. The summed E-state index contributed by atoms with van der Waals surface area (Å²) in [6.45, 7) is 10.7. The third kappa shape index (κ3) is 6.76. The molecule has 3 aromatic carbocycles. The second-order valence-electron chi connectivity index (χ2n) is 10.5. The lowest BCUT2D eigenvalue weighted by molar-refractivity contribution is 0.0745. The summed E-state index contributed by atoms with van der Waals surface area (Å²) in [5.74, 6) is 0.0549. The molecule has 0 bridgehead atoms. The van der Waals surface area contributed by atoms with Crippen LogP contribution >= 0.6 is 35.6 Å². The molecular weight excluding hydrogens is 511 g/mol. The van der Waals surface area contributed by atoms with Gasteiger partial charge in [0.05, 0.1) is 21.3 Å². The smallest absolute Gasteiger partial charge is 0.256 e. The summed E-state index contributed by atoms with van der Waals surface area (Å²) in [6.07, 6.45) is 2.79. The van der Waals surface area contributed by atoms with Crippen LogP contribution in [0.1, 0.15) is 65.4 Å². The van der Waals surface area contributed by atoms with Crippen molar-refractivity contribution in [3.05, 3.63) is 98.0 Å². The van der Waals surface area contributed by atoms with E-state index in [1.54, 1.807) is 0 Å². The molecule has 0 aromatic heterocycles. The number of halogens is 3. The molecule has 3 aromatic rings. The zero-order valence-electron chi connectivity index (χ0n) is 21.5. The number of fused-ring (bicyclic) bond motifs is 1. The minimum absolute atomic E-state index is 0. The van der Waals surface area contributed by atoms with Crippen LogP contribution in [0.3, 0.4) is 0 Å². The minimum atomic E-state index is 0. The molecule has 0 saturated heterocycles.